The number of nitrogens with one attached hydrogen (secondary N) is 1. The van der Waals surface area contributed by atoms with Gasteiger partial charge in [-0.15, -0.1) is 24.0 Å². The zero-order valence-electron chi connectivity index (χ0n) is 15.4. The number of para-hydroxylation sites is 1. The Hall–Kier alpha value is -1.06. The Morgan fingerprint density at radius 1 is 1.28 bits per heavy atom. The number of nitrogens with zero attached hydrogens (tertiary/aromatic N) is 4. The molecule has 1 N–H and O–H groups in total. The van der Waals surface area contributed by atoms with Crippen LogP contribution >= 0.6 is 24.0 Å². The van der Waals surface area contributed by atoms with Crippen LogP contribution in [0.4, 0.5) is 0 Å². The molecular formula is C18H30IN5O. The number of piperazine rings is 3. The molecule has 0 radical (unpaired) electrons. The van der Waals surface area contributed by atoms with Crippen molar-refractivity contribution in [3.63, 3.8) is 0 Å². The average molecular weight is 459 g/mol. The number of rotatable bonds is 5. The van der Waals surface area contributed by atoms with Gasteiger partial charge in [0, 0.05) is 71.5 Å². The molecule has 0 saturated carbocycles. The van der Waals surface area contributed by atoms with Crippen LogP contribution in [0.2, 0.25) is 0 Å². The average Bonchev–Trinajstić information content (AvgIpc) is 2.63. The van der Waals surface area contributed by atoms with Gasteiger partial charge in [-0.2, -0.15) is 0 Å². The summed E-state index contributed by atoms with van der Waals surface area (Å²) in [5.74, 6) is 1.85. The van der Waals surface area contributed by atoms with E-state index in [0.717, 1.165) is 30.4 Å². The van der Waals surface area contributed by atoms with E-state index in [9.17, 15) is 0 Å². The fourth-order valence-corrected chi connectivity index (χ4v) is 3.68. The number of hydrogen-bond donors (Lipinski definition) is 1. The molecule has 25 heavy (non-hydrogen) atoms. The molecule has 1 atom stereocenters. The Kier molecular flexibility index (Phi) is 7.77. The van der Waals surface area contributed by atoms with Crippen molar-refractivity contribution in [1.29, 1.82) is 0 Å². The van der Waals surface area contributed by atoms with Gasteiger partial charge in [0.25, 0.3) is 0 Å². The number of ether oxygens (including phenoxy) is 1. The number of fused-ring (bicyclic) bond motifs is 3. The normalized spacial score (nSPS) is 25.2. The Balaban J connectivity index is 0.00000225. The molecule has 0 aliphatic carbocycles. The van der Waals surface area contributed by atoms with E-state index in [1.165, 1.54) is 32.7 Å². The summed E-state index contributed by atoms with van der Waals surface area (Å²) in [4.78, 5) is 11.8. The van der Waals surface area contributed by atoms with Crippen LogP contribution in [0.25, 0.3) is 0 Å². The number of benzene rings is 1. The summed E-state index contributed by atoms with van der Waals surface area (Å²) < 4.78 is 5.45. The van der Waals surface area contributed by atoms with E-state index in [4.69, 9.17) is 4.74 Å². The smallest absolute Gasteiger partial charge is 0.193 e. The van der Waals surface area contributed by atoms with Crippen LogP contribution < -0.4 is 10.1 Å². The van der Waals surface area contributed by atoms with Gasteiger partial charge in [-0.25, -0.2) is 0 Å². The summed E-state index contributed by atoms with van der Waals surface area (Å²) in [6.07, 6.45) is 0. The van der Waals surface area contributed by atoms with Crippen LogP contribution in [0.5, 0.6) is 5.75 Å². The highest BCUT2D eigenvalue weighted by Crippen LogP contribution is 2.19. The maximum absolute atomic E-state index is 5.45. The van der Waals surface area contributed by atoms with Crippen molar-refractivity contribution in [2.24, 2.45) is 4.99 Å². The van der Waals surface area contributed by atoms with E-state index in [1.807, 2.05) is 25.2 Å². The predicted molar refractivity (Wildman–Crippen MR) is 113 cm³/mol. The number of halogens is 1. The van der Waals surface area contributed by atoms with Gasteiger partial charge in [-0.1, -0.05) is 18.2 Å². The predicted octanol–water partition coefficient (Wildman–Crippen LogP) is 1.32. The minimum absolute atomic E-state index is 0. The second-order valence-electron chi connectivity index (χ2n) is 6.59. The highest BCUT2D eigenvalue weighted by molar-refractivity contribution is 14.0. The molecule has 0 aromatic heterocycles. The minimum atomic E-state index is 0. The lowest BCUT2D eigenvalue weighted by molar-refractivity contribution is 0.0152. The lowest BCUT2D eigenvalue weighted by Crippen LogP contribution is -2.63. The highest BCUT2D eigenvalue weighted by atomic mass is 127. The zero-order valence-corrected chi connectivity index (χ0v) is 17.8. The van der Waals surface area contributed by atoms with Crippen LogP contribution in [0.1, 0.15) is 5.56 Å². The van der Waals surface area contributed by atoms with Gasteiger partial charge in [-0.05, 0) is 6.07 Å². The molecule has 3 aliphatic rings. The van der Waals surface area contributed by atoms with E-state index >= 15 is 0 Å². The maximum atomic E-state index is 5.45. The van der Waals surface area contributed by atoms with Crippen LogP contribution in [0.3, 0.4) is 0 Å². The highest BCUT2D eigenvalue weighted by Gasteiger charge is 2.31. The summed E-state index contributed by atoms with van der Waals surface area (Å²) in [6, 6.07) is 8.73. The molecule has 0 spiro atoms. The second-order valence-corrected chi connectivity index (χ2v) is 6.59. The summed E-state index contributed by atoms with van der Waals surface area (Å²) in [5.41, 5.74) is 1.16. The fourth-order valence-electron chi connectivity index (χ4n) is 3.68. The number of hydrogen-bond acceptors (Lipinski definition) is 4. The van der Waals surface area contributed by atoms with Crippen LogP contribution in [-0.2, 0) is 6.54 Å². The first-order chi connectivity index (χ1) is 11.7. The Morgan fingerprint density at radius 2 is 2.00 bits per heavy atom. The second kappa shape index (κ2) is 9.59. The lowest BCUT2D eigenvalue weighted by atomic mass is 10.1. The molecular weight excluding hydrogens is 429 g/mol. The van der Waals surface area contributed by atoms with Crippen LogP contribution in [0, 0.1) is 0 Å². The summed E-state index contributed by atoms with van der Waals surface area (Å²) in [5, 5.41) is 3.55. The van der Waals surface area contributed by atoms with Crippen molar-refractivity contribution in [2.45, 2.75) is 12.6 Å². The van der Waals surface area contributed by atoms with Gasteiger partial charge >= 0.3 is 0 Å². The zero-order chi connectivity index (χ0) is 16.9. The van der Waals surface area contributed by atoms with Crippen molar-refractivity contribution < 1.29 is 4.74 Å². The first kappa shape index (κ1) is 20.3. The first-order valence-electron chi connectivity index (χ1n) is 8.71. The van der Waals surface area contributed by atoms with Crippen LogP contribution in [-0.4, -0.2) is 87.2 Å². The molecule has 7 heteroatoms. The Bertz CT molecular complexity index is 574. The Morgan fingerprint density at radius 3 is 2.60 bits per heavy atom. The quantitative estimate of drug-likeness (QED) is 0.409. The molecule has 6 nitrogen and oxygen atoms in total. The van der Waals surface area contributed by atoms with Crippen LogP contribution in [0.15, 0.2) is 29.3 Å². The van der Waals surface area contributed by atoms with E-state index in [1.54, 1.807) is 7.11 Å². The molecule has 3 heterocycles. The summed E-state index contributed by atoms with van der Waals surface area (Å²) in [7, 11) is 5.63. The van der Waals surface area contributed by atoms with Gasteiger partial charge in [0.15, 0.2) is 5.96 Å². The van der Waals surface area contributed by atoms with Crippen molar-refractivity contribution in [3.8, 4) is 5.75 Å². The van der Waals surface area contributed by atoms with Gasteiger partial charge < -0.3 is 15.0 Å². The topological polar surface area (TPSA) is 43.3 Å². The minimum Gasteiger partial charge on any atom is -0.496 e. The molecule has 2 bridgehead atoms. The summed E-state index contributed by atoms with van der Waals surface area (Å²) >= 11 is 0. The fraction of sp³-hybridized carbons (Fsp3) is 0.611. The molecule has 3 saturated heterocycles. The van der Waals surface area contributed by atoms with E-state index in [-0.39, 0.29) is 24.0 Å². The van der Waals surface area contributed by atoms with Crippen molar-refractivity contribution in [3.05, 3.63) is 29.8 Å². The molecule has 3 aliphatic heterocycles. The maximum Gasteiger partial charge on any atom is 0.193 e. The molecule has 3 fully saturated rings. The number of methoxy groups -OCH3 is 1. The van der Waals surface area contributed by atoms with Gasteiger partial charge in [0.05, 0.1) is 7.11 Å². The van der Waals surface area contributed by atoms with E-state index in [2.05, 4.69) is 38.1 Å². The third-order valence-corrected chi connectivity index (χ3v) is 5.06. The SMILES string of the molecule is CN=C(NCC1CN2CCN1CC2)N(C)Cc1ccccc1OC.I. The molecule has 0 amide bonds. The summed E-state index contributed by atoms with van der Waals surface area (Å²) in [6.45, 7) is 7.71. The number of guanidine groups is 1. The standard InChI is InChI=1S/C18H29N5O.HI/c1-19-18(20-12-16-14-22-8-10-23(16)11-9-22)21(2)13-15-6-4-5-7-17(15)24-3;/h4-7,16H,8-14H2,1-3H3,(H,19,20);1H. The van der Waals surface area contributed by atoms with E-state index in [0.29, 0.717) is 6.04 Å². The third-order valence-electron chi connectivity index (χ3n) is 5.06. The molecule has 1 aromatic rings. The molecule has 4 rings (SSSR count). The lowest BCUT2D eigenvalue weighted by Gasteiger charge is -2.47. The first-order valence-corrected chi connectivity index (χ1v) is 8.71. The third kappa shape index (κ3) is 4.98. The van der Waals surface area contributed by atoms with Crippen molar-refractivity contribution in [1.82, 2.24) is 20.0 Å². The number of aliphatic imine (C=N–C) groups is 1. The molecule has 1 unspecified atom stereocenters. The van der Waals surface area contributed by atoms with Crippen molar-refractivity contribution >= 4 is 29.9 Å². The molecule has 140 valence electrons. The van der Waals surface area contributed by atoms with Gasteiger partial charge in [0.2, 0.25) is 0 Å². The van der Waals surface area contributed by atoms with Crippen molar-refractivity contribution in [2.75, 3.05) is 60.5 Å². The Labute approximate surface area is 168 Å². The van der Waals surface area contributed by atoms with E-state index < -0.39 is 0 Å². The monoisotopic (exact) mass is 459 g/mol. The largest absolute Gasteiger partial charge is 0.496 e. The van der Waals surface area contributed by atoms with Gasteiger partial charge in [-0.3, -0.25) is 14.8 Å². The van der Waals surface area contributed by atoms with Gasteiger partial charge in [0.1, 0.15) is 5.75 Å². The molecule has 1 aromatic carbocycles.